The van der Waals surface area contributed by atoms with Crippen LogP contribution in [0.2, 0.25) is 0 Å². The van der Waals surface area contributed by atoms with Crippen LogP contribution in [0.3, 0.4) is 0 Å². The molecule has 0 aromatic rings. The van der Waals surface area contributed by atoms with Gasteiger partial charge in [-0.25, -0.2) is 4.79 Å². The number of nitrogens with zero attached hydrogens (tertiary/aromatic N) is 1. The summed E-state index contributed by atoms with van der Waals surface area (Å²) in [5.41, 5.74) is -1.94. The van der Waals surface area contributed by atoms with Crippen molar-refractivity contribution in [3.8, 4) is 0 Å². The van der Waals surface area contributed by atoms with E-state index in [1.54, 1.807) is 32.6 Å². The summed E-state index contributed by atoms with van der Waals surface area (Å²) in [5, 5.41) is 20.8. The maximum absolute atomic E-state index is 12.6. The Morgan fingerprint density at radius 3 is 2.35 bits per heavy atom. The highest BCUT2D eigenvalue weighted by Crippen LogP contribution is 2.32. The molecule has 2 N–H and O–H groups in total. The second kappa shape index (κ2) is 7.15. The first-order chi connectivity index (χ1) is 11.7. The van der Waals surface area contributed by atoms with Gasteiger partial charge >= 0.3 is 13.2 Å². The number of aliphatic hydroxyl groups is 1. The van der Waals surface area contributed by atoms with Crippen molar-refractivity contribution in [3.63, 3.8) is 0 Å². The zero-order valence-electron chi connectivity index (χ0n) is 16.9. The van der Waals surface area contributed by atoms with Crippen molar-refractivity contribution in [3.05, 3.63) is 11.5 Å². The molecule has 0 radical (unpaired) electrons. The molecule has 2 atom stereocenters. The minimum absolute atomic E-state index is 0.216. The first-order valence-corrected chi connectivity index (χ1v) is 9.09. The van der Waals surface area contributed by atoms with E-state index in [4.69, 9.17) is 14.1 Å². The number of ether oxygens (including phenoxy) is 2. The number of morpholine rings is 1. The Morgan fingerprint density at radius 1 is 1.23 bits per heavy atom. The van der Waals surface area contributed by atoms with Gasteiger partial charge in [-0.2, -0.15) is 0 Å². The molecule has 2 rings (SSSR count). The molecular formula is C18H32BNO6. The van der Waals surface area contributed by atoms with Gasteiger partial charge in [0.1, 0.15) is 5.60 Å². The highest BCUT2D eigenvalue weighted by atomic mass is 16.6. The Bertz CT molecular complexity index is 563. The van der Waals surface area contributed by atoms with Gasteiger partial charge in [-0.05, 0) is 60.4 Å². The molecule has 0 aromatic carbocycles. The van der Waals surface area contributed by atoms with E-state index in [2.05, 4.69) is 0 Å². The lowest BCUT2D eigenvalue weighted by atomic mass is 9.70. The van der Waals surface area contributed by atoms with Crippen molar-refractivity contribution in [1.82, 2.24) is 4.90 Å². The number of rotatable bonds is 4. The Hall–Kier alpha value is -1.09. The lowest BCUT2D eigenvalue weighted by Gasteiger charge is -2.45. The molecule has 1 saturated heterocycles. The van der Waals surface area contributed by atoms with Gasteiger partial charge in [-0.1, -0.05) is 6.08 Å². The van der Waals surface area contributed by atoms with E-state index in [0.717, 1.165) is 0 Å². The zero-order valence-corrected chi connectivity index (χ0v) is 16.9. The van der Waals surface area contributed by atoms with Gasteiger partial charge in [0.05, 0.1) is 36.5 Å². The third-order valence-corrected chi connectivity index (χ3v) is 5.03. The van der Waals surface area contributed by atoms with E-state index in [0.29, 0.717) is 25.1 Å². The van der Waals surface area contributed by atoms with Crippen LogP contribution in [0.15, 0.2) is 11.5 Å². The lowest BCUT2D eigenvalue weighted by molar-refractivity contribution is -0.0995. The topological polar surface area (TPSA) is 88.5 Å². The molecule has 0 aromatic heterocycles. The summed E-state index contributed by atoms with van der Waals surface area (Å²) in [6.45, 7) is 13.0. The minimum Gasteiger partial charge on any atom is -0.444 e. The van der Waals surface area contributed by atoms with Crippen LogP contribution in [0.4, 0.5) is 4.79 Å². The van der Waals surface area contributed by atoms with Gasteiger partial charge < -0.3 is 24.3 Å². The Kier molecular flexibility index (Phi) is 5.83. The lowest BCUT2D eigenvalue weighted by Crippen LogP contribution is -2.59. The van der Waals surface area contributed by atoms with Crippen LogP contribution in [0.1, 0.15) is 54.9 Å². The molecule has 2 bridgehead atoms. The van der Waals surface area contributed by atoms with Crippen LogP contribution in [-0.2, 0) is 14.1 Å². The van der Waals surface area contributed by atoms with Gasteiger partial charge in [0.25, 0.3) is 0 Å². The van der Waals surface area contributed by atoms with E-state index in [1.807, 2.05) is 26.8 Å². The molecule has 7 nitrogen and oxygen atoms in total. The van der Waals surface area contributed by atoms with E-state index in [9.17, 15) is 14.9 Å². The third kappa shape index (κ3) is 4.79. The normalized spacial score (nSPS) is 24.2. The van der Waals surface area contributed by atoms with Gasteiger partial charge in [0, 0.05) is 0 Å². The third-order valence-electron chi connectivity index (χ3n) is 5.03. The summed E-state index contributed by atoms with van der Waals surface area (Å²) in [6.07, 6.45) is 1.86. The molecule has 148 valence electrons. The zero-order chi connectivity index (χ0) is 19.9. The summed E-state index contributed by atoms with van der Waals surface area (Å²) in [6, 6.07) is -0.525. The highest BCUT2D eigenvalue weighted by molar-refractivity contribution is 6.52. The molecule has 2 aliphatic rings. The average Bonchev–Trinajstić information content (AvgIpc) is 2.42. The molecule has 1 fully saturated rings. The number of carbonyl (C=O) groups is 1. The summed E-state index contributed by atoms with van der Waals surface area (Å²) >= 11 is 0. The van der Waals surface area contributed by atoms with Crippen LogP contribution in [-0.4, -0.2) is 70.3 Å². The number of fused-ring (bicyclic) bond motifs is 2. The Balaban J connectivity index is 2.16. The highest BCUT2D eigenvalue weighted by Gasteiger charge is 2.45. The van der Waals surface area contributed by atoms with Gasteiger partial charge in [0.15, 0.2) is 0 Å². The Labute approximate surface area is 156 Å². The molecule has 0 aliphatic carbocycles. The number of carbonyl (C=O) groups excluding carboxylic acids is 1. The van der Waals surface area contributed by atoms with Crippen molar-refractivity contribution in [2.45, 2.75) is 83.8 Å². The summed E-state index contributed by atoms with van der Waals surface area (Å²) in [4.78, 5) is 14.2. The number of hydrogen-bond donors (Lipinski definition) is 2. The van der Waals surface area contributed by atoms with Gasteiger partial charge in [0.2, 0.25) is 0 Å². The summed E-state index contributed by atoms with van der Waals surface area (Å²) in [7, 11) is -1.15. The largest absolute Gasteiger partial charge is 0.487 e. The monoisotopic (exact) mass is 369 g/mol. The van der Waals surface area contributed by atoms with E-state index < -0.39 is 23.9 Å². The van der Waals surface area contributed by atoms with E-state index in [-0.39, 0.29) is 18.2 Å². The molecule has 0 saturated carbocycles. The molecule has 2 aliphatic heterocycles. The summed E-state index contributed by atoms with van der Waals surface area (Å²) < 4.78 is 16.8. The second-order valence-corrected chi connectivity index (χ2v) is 9.13. The van der Waals surface area contributed by atoms with Crippen molar-refractivity contribution < 1.29 is 29.1 Å². The maximum atomic E-state index is 12.6. The van der Waals surface area contributed by atoms with Crippen LogP contribution >= 0.6 is 0 Å². The molecular weight excluding hydrogens is 337 g/mol. The van der Waals surface area contributed by atoms with Crippen molar-refractivity contribution in [2.24, 2.45) is 0 Å². The summed E-state index contributed by atoms with van der Waals surface area (Å²) in [5.74, 6) is 0. The standard InChI is InChI=1S/C18H32BNO6/c1-16(2,3)25-15(21)20-13-8-12(9-14(20)11-24-10-13)19(23)26-18(6,7)17(4,5)22/h8,13-14,22-23H,9-11H2,1-7H3. The van der Waals surface area contributed by atoms with Crippen molar-refractivity contribution >= 4 is 13.2 Å². The Morgan fingerprint density at radius 2 is 1.85 bits per heavy atom. The fourth-order valence-electron chi connectivity index (χ4n) is 2.91. The molecule has 2 heterocycles. The van der Waals surface area contributed by atoms with Gasteiger partial charge in [-0.15, -0.1) is 0 Å². The first-order valence-electron chi connectivity index (χ1n) is 9.09. The molecule has 2 unspecified atom stereocenters. The molecule has 8 heteroatoms. The van der Waals surface area contributed by atoms with E-state index in [1.165, 1.54) is 0 Å². The van der Waals surface area contributed by atoms with E-state index >= 15 is 0 Å². The quantitative estimate of drug-likeness (QED) is 0.736. The fourth-order valence-corrected chi connectivity index (χ4v) is 2.91. The minimum atomic E-state index is -1.15. The van der Waals surface area contributed by atoms with Crippen molar-refractivity contribution in [1.29, 1.82) is 0 Å². The van der Waals surface area contributed by atoms with Crippen LogP contribution in [0.5, 0.6) is 0 Å². The predicted molar refractivity (Wildman–Crippen MR) is 98.6 cm³/mol. The smallest absolute Gasteiger partial charge is 0.444 e. The molecule has 1 amide bonds. The number of amides is 1. The molecule has 0 spiro atoms. The first kappa shape index (κ1) is 21.2. The number of hydrogen-bond acceptors (Lipinski definition) is 6. The second-order valence-electron chi connectivity index (χ2n) is 9.13. The van der Waals surface area contributed by atoms with Crippen LogP contribution in [0.25, 0.3) is 0 Å². The maximum Gasteiger partial charge on any atom is 0.487 e. The predicted octanol–water partition coefficient (Wildman–Crippen LogP) is 1.91. The fraction of sp³-hybridized carbons (Fsp3) is 0.833. The SMILES string of the molecule is CC(C)(C)OC(=O)N1C2C=C(B(O)OC(C)(C)C(C)(C)O)CC1COC2. The van der Waals surface area contributed by atoms with Crippen molar-refractivity contribution in [2.75, 3.05) is 13.2 Å². The van der Waals surface area contributed by atoms with Gasteiger partial charge in [-0.3, -0.25) is 4.90 Å². The van der Waals surface area contributed by atoms with Crippen LogP contribution < -0.4 is 0 Å². The molecule has 26 heavy (non-hydrogen) atoms. The average molecular weight is 369 g/mol. The van der Waals surface area contributed by atoms with Crippen LogP contribution in [0, 0.1) is 0 Å².